The summed E-state index contributed by atoms with van der Waals surface area (Å²) in [7, 11) is 0. The van der Waals surface area contributed by atoms with Gasteiger partial charge in [0, 0.05) is 34.6 Å². The highest BCUT2D eigenvalue weighted by atomic mass is 32.2. The van der Waals surface area contributed by atoms with Crippen molar-refractivity contribution in [3.05, 3.63) is 36.9 Å². The third-order valence-corrected chi connectivity index (χ3v) is 2.35. The molecule has 0 saturated heterocycles. The van der Waals surface area contributed by atoms with Crippen LogP contribution >= 0.6 is 11.8 Å². The SMILES string of the molecule is c1cc(Sc2cc[nH]c2)c[nH]1. The summed E-state index contributed by atoms with van der Waals surface area (Å²) in [6.45, 7) is 0. The first kappa shape index (κ1) is 6.61. The molecular weight excluding hydrogens is 156 g/mol. The molecule has 0 saturated carbocycles. The first-order chi connectivity index (χ1) is 5.45. The number of hydrogen-bond donors (Lipinski definition) is 2. The molecule has 0 aliphatic rings. The molecule has 3 heteroatoms. The van der Waals surface area contributed by atoms with Crippen molar-refractivity contribution in [2.75, 3.05) is 0 Å². The molecule has 0 aromatic carbocycles. The molecule has 0 aliphatic carbocycles. The van der Waals surface area contributed by atoms with E-state index >= 15 is 0 Å². The normalized spacial score (nSPS) is 10.2. The van der Waals surface area contributed by atoms with Crippen LogP contribution in [0.15, 0.2) is 46.7 Å². The summed E-state index contributed by atoms with van der Waals surface area (Å²) in [6.07, 6.45) is 7.82. The minimum Gasteiger partial charge on any atom is -0.367 e. The lowest BCUT2D eigenvalue weighted by Crippen LogP contribution is -1.61. The molecule has 56 valence electrons. The molecule has 2 nitrogen and oxygen atoms in total. The van der Waals surface area contributed by atoms with Gasteiger partial charge in [-0.3, -0.25) is 0 Å². The monoisotopic (exact) mass is 164 g/mol. The Morgan fingerprint density at radius 3 is 1.82 bits per heavy atom. The molecular formula is C8H8N2S. The van der Waals surface area contributed by atoms with Crippen molar-refractivity contribution in [2.24, 2.45) is 0 Å². The highest BCUT2D eigenvalue weighted by Crippen LogP contribution is 2.25. The Hall–Kier alpha value is -1.09. The number of rotatable bonds is 2. The van der Waals surface area contributed by atoms with Crippen molar-refractivity contribution >= 4 is 11.8 Å². The van der Waals surface area contributed by atoms with Crippen LogP contribution in [0.5, 0.6) is 0 Å². The van der Waals surface area contributed by atoms with E-state index in [9.17, 15) is 0 Å². The van der Waals surface area contributed by atoms with E-state index in [0.717, 1.165) is 0 Å². The second-order valence-electron chi connectivity index (χ2n) is 2.20. The first-order valence-electron chi connectivity index (χ1n) is 3.38. The fourth-order valence-electron chi connectivity index (χ4n) is 0.880. The van der Waals surface area contributed by atoms with Crippen LogP contribution in [0.3, 0.4) is 0 Å². The molecule has 0 amide bonds. The maximum Gasteiger partial charge on any atom is 0.0297 e. The van der Waals surface area contributed by atoms with Gasteiger partial charge in [-0.25, -0.2) is 0 Å². The summed E-state index contributed by atoms with van der Waals surface area (Å²) in [4.78, 5) is 8.50. The summed E-state index contributed by atoms with van der Waals surface area (Å²) in [5.74, 6) is 0. The lowest BCUT2D eigenvalue weighted by Gasteiger charge is -1.90. The third kappa shape index (κ3) is 1.49. The number of aromatic nitrogens is 2. The Bertz CT molecular complexity index is 264. The molecule has 2 aromatic heterocycles. The van der Waals surface area contributed by atoms with E-state index in [0.29, 0.717) is 0 Å². The van der Waals surface area contributed by atoms with Crippen molar-refractivity contribution in [1.29, 1.82) is 0 Å². The third-order valence-electron chi connectivity index (χ3n) is 1.37. The number of nitrogens with one attached hydrogen (secondary N) is 2. The summed E-state index contributed by atoms with van der Waals surface area (Å²) in [5.41, 5.74) is 0. The molecule has 0 aliphatic heterocycles. The van der Waals surface area contributed by atoms with Crippen LogP contribution < -0.4 is 0 Å². The highest BCUT2D eigenvalue weighted by molar-refractivity contribution is 7.99. The lowest BCUT2D eigenvalue weighted by molar-refractivity contribution is 1.36. The van der Waals surface area contributed by atoms with Crippen LogP contribution in [0.1, 0.15) is 0 Å². The largest absolute Gasteiger partial charge is 0.367 e. The molecule has 11 heavy (non-hydrogen) atoms. The topological polar surface area (TPSA) is 31.6 Å². The van der Waals surface area contributed by atoms with Gasteiger partial charge in [-0.15, -0.1) is 0 Å². The Morgan fingerprint density at radius 1 is 0.909 bits per heavy atom. The quantitative estimate of drug-likeness (QED) is 0.702. The number of hydrogen-bond acceptors (Lipinski definition) is 1. The maximum absolute atomic E-state index is 3.01. The van der Waals surface area contributed by atoms with E-state index in [4.69, 9.17) is 0 Å². The number of H-pyrrole nitrogens is 2. The van der Waals surface area contributed by atoms with Crippen molar-refractivity contribution in [3.63, 3.8) is 0 Å². The average Bonchev–Trinajstić information content (AvgIpc) is 2.60. The maximum atomic E-state index is 3.01. The molecule has 0 radical (unpaired) electrons. The zero-order valence-electron chi connectivity index (χ0n) is 5.87. The van der Waals surface area contributed by atoms with Gasteiger partial charge in [0.2, 0.25) is 0 Å². The van der Waals surface area contributed by atoms with Gasteiger partial charge in [0.25, 0.3) is 0 Å². The van der Waals surface area contributed by atoms with Crippen LogP contribution in [0.4, 0.5) is 0 Å². The van der Waals surface area contributed by atoms with Gasteiger partial charge < -0.3 is 9.97 Å². The van der Waals surface area contributed by atoms with E-state index in [1.54, 1.807) is 11.8 Å². The van der Waals surface area contributed by atoms with Crippen LogP contribution in [0, 0.1) is 0 Å². The molecule has 0 atom stereocenters. The highest BCUT2D eigenvalue weighted by Gasteiger charge is 1.95. The van der Waals surface area contributed by atoms with E-state index in [-0.39, 0.29) is 0 Å². The number of aromatic amines is 2. The van der Waals surface area contributed by atoms with Crippen molar-refractivity contribution < 1.29 is 0 Å². The second-order valence-corrected chi connectivity index (χ2v) is 3.34. The molecule has 0 fully saturated rings. The summed E-state index contributed by atoms with van der Waals surface area (Å²) in [5, 5.41) is 0. The predicted molar refractivity (Wildman–Crippen MR) is 45.7 cm³/mol. The van der Waals surface area contributed by atoms with Gasteiger partial charge in [0.1, 0.15) is 0 Å². The van der Waals surface area contributed by atoms with Crippen LogP contribution in [0.2, 0.25) is 0 Å². The van der Waals surface area contributed by atoms with Crippen LogP contribution in [0.25, 0.3) is 0 Å². The minimum atomic E-state index is 1.24. The molecule has 2 rings (SSSR count). The van der Waals surface area contributed by atoms with E-state index in [2.05, 4.69) is 22.1 Å². The zero-order chi connectivity index (χ0) is 7.52. The summed E-state index contributed by atoms with van der Waals surface area (Å²) < 4.78 is 0. The van der Waals surface area contributed by atoms with E-state index in [1.807, 2.05) is 24.8 Å². The van der Waals surface area contributed by atoms with Gasteiger partial charge in [-0.05, 0) is 12.1 Å². The van der Waals surface area contributed by atoms with Gasteiger partial charge in [-0.2, -0.15) is 0 Å². The van der Waals surface area contributed by atoms with Gasteiger partial charge >= 0.3 is 0 Å². The molecule has 0 unspecified atom stereocenters. The Labute approximate surface area is 69.0 Å². The Balaban J connectivity index is 2.14. The average molecular weight is 164 g/mol. The zero-order valence-corrected chi connectivity index (χ0v) is 6.69. The van der Waals surface area contributed by atoms with Crippen LogP contribution in [-0.4, -0.2) is 9.97 Å². The first-order valence-corrected chi connectivity index (χ1v) is 4.20. The van der Waals surface area contributed by atoms with Crippen LogP contribution in [-0.2, 0) is 0 Å². The van der Waals surface area contributed by atoms with Gasteiger partial charge in [0.15, 0.2) is 0 Å². The Kier molecular flexibility index (Phi) is 1.73. The van der Waals surface area contributed by atoms with Crippen molar-refractivity contribution in [1.82, 2.24) is 9.97 Å². The molecule has 0 bridgehead atoms. The molecule has 2 N–H and O–H groups in total. The van der Waals surface area contributed by atoms with E-state index < -0.39 is 0 Å². The van der Waals surface area contributed by atoms with Crippen molar-refractivity contribution in [3.8, 4) is 0 Å². The van der Waals surface area contributed by atoms with Crippen molar-refractivity contribution in [2.45, 2.75) is 9.79 Å². The Morgan fingerprint density at radius 2 is 1.45 bits per heavy atom. The lowest BCUT2D eigenvalue weighted by atomic mass is 10.7. The fourth-order valence-corrected chi connectivity index (χ4v) is 1.68. The van der Waals surface area contributed by atoms with Gasteiger partial charge in [-0.1, -0.05) is 11.8 Å². The summed E-state index contributed by atoms with van der Waals surface area (Å²) >= 11 is 1.74. The predicted octanol–water partition coefficient (Wildman–Crippen LogP) is 2.49. The second kappa shape index (κ2) is 2.88. The van der Waals surface area contributed by atoms with Gasteiger partial charge in [0.05, 0.1) is 0 Å². The fraction of sp³-hybridized carbons (Fsp3) is 0. The standard InChI is InChI=1S/C8H8N2S/c1-3-9-5-7(1)11-8-2-4-10-6-8/h1-6,9-10H. The van der Waals surface area contributed by atoms with E-state index in [1.165, 1.54) is 9.79 Å². The molecule has 2 heterocycles. The minimum absolute atomic E-state index is 1.24. The molecule has 0 spiro atoms. The molecule has 2 aromatic rings. The summed E-state index contributed by atoms with van der Waals surface area (Å²) in [6, 6.07) is 4.11. The smallest absolute Gasteiger partial charge is 0.0297 e.